The number of para-hydroxylation sites is 1. The van der Waals surface area contributed by atoms with Crippen molar-refractivity contribution in [3.05, 3.63) is 60.2 Å². The maximum Gasteiger partial charge on any atom is 0.308 e. The molecular weight excluding hydrogens is 494 g/mol. The number of piperazine rings is 1. The van der Waals surface area contributed by atoms with Gasteiger partial charge in [-0.2, -0.15) is 0 Å². The summed E-state index contributed by atoms with van der Waals surface area (Å²) in [6.07, 6.45) is 2.99. The Hall–Kier alpha value is -3.66. The van der Waals surface area contributed by atoms with Crippen LogP contribution in [0.5, 0.6) is 11.5 Å². The molecule has 0 aliphatic carbocycles. The van der Waals surface area contributed by atoms with Crippen molar-refractivity contribution >= 4 is 35.1 Å². The molecule has 0 radical (unpaired) electrons. The van der Waals surface area contributed by atoms with Gasteiger partial charge in [0.1, 0.15) is 30.8 Å². The van der Waals surface area contributed by atoms with E-state index in [1.165, 1.54) is 0 Å². The van der Waals surface area contributed by atoms with Crippen LogP contribution in [0.1, 0.15) is 43.0 Å². The van der Waals surface area contributed by atoms with E-state index in [-0.39, 0.29) is 30.7 Å². The van der Waals surface area contributed by atoms with Crippen LogP contribution < -0.4 is 20.1 Å². The molecule has 3 rings (SSSR count). The summed E-state index contributed by atoms with van der Waals surface area (Å²) >= 11 is 5.42. The fourth-order valence-corrected chi connectivity index (χ4v) is 4.01. The molecule has 1 saturated heterocycles. The maximum atomic E-state index is 12.7. The van der Waals surface area contributed by atoms with E-state index < -0.39 is 17.9 Å². The molecule has 1 atom stereocenters. The summed E-state index contributed by atoms with van der Waals surface area (Å²) in [5.41, 5.74) is 0.402. The summed E-state index contributed by atoms with van der Waals surface area (Å²) in [5.74, 6) is 0.0347. The van der Waals surface area contributed by atoms with E-state index in [1.807, 2.05) is 18.2 Å². The monoisotopic (exact) mass is 527 g/mol. The number of amides is 2. The number of carbonyl (C=O) groups is 3. The number of esters is 1. The standard InChI is InChI=1S/C27H33N3O6S/c1-2-3-7-16-34-22-12-10-20(11-13-22)25(32)29-27(37)30-15-14-28-26(33)23(30)19-24(31)36-18-17-35-21-8-5-4-6-9-21/h4-6,8-13,23H,2-3,7,14-19H2,1H3,(H,28,33)(H,29,32,37). The van der Waals surface area contributed by atoms with Gasteiger partial charge in [-0.3, -0.25) is 19.7 Å². The normalized spacial score (nSPS) is 14.9. The molecule has 1 fully saturated rings. The predicted octanol–water partition coefficient (Wildman–Crippen LogP) is 3.08. The molecule has 1 aliphatic heterocycles. The summed E-state index contributed by atoms with van der Waals surface area (Å²) in [6.45, 7) is 3.69. The molecule has 37 heavy (non-hydrogen) atoms. The average molecular weight is 528 g/mol. The molecule has 9 nitrogen and oxygen atoms in total. The Kier molecular flexibility index (Phi) is 11.2. The highest BCUT2D eigenvalue weighted by Gasteiger charge is 2.34. The van der Waals surface area contributed by atoms with Crippen LogP contribution in [0, 0.1) is 0 Å². The van der Waals surface area contributed by atoms with Crippen LogP contribution in [0.3, 0.4) is 0 Å². The Labute approximate surface area is 222 Å². The van der Waals surface area contributed by atoms with Crippen LogP contribution >= 0.6 is 12.2 Å². The van der Waals surface area contributed by atoms with Gasteiger partial charge < -0.3 is 24.4 Å². The number of rotatable bonds is 12. The van der Waals surface area contributed by atoms with Gasteiger partial charge >= 0.3 is 5.97 Å². The highest BCUT2D eigenvalue weighted by atomic mass is 32.1. The van der Waals surface area contributed by atoms with E-state index in [1.54, 1.807) is 41.3 Å². The molecule has 2 amide bonds. The number of nitrogens with one attached hydrogen (secondary N) is 2. The smallest absolute Gasteiger partial charge is 0.308 e. The van der Waals surface area contributed by atoms with Crippen LogP contribution in [-0.2, 0) is 14.3 Å². The second kappa shape index (κ2) is 14.8. The van der Waals surface area contributed by atoms with Crippen LogP contribution in [0.15, 0.2) is 54.6 Å². The van der Waals surface area contributed by atoms with Crippen molar-refractivity contribution in [2.45, 2.75) is 38.6 Å². The van der Waals surface area contributed by atoms with Gasteiger partial charge in [-0.05, 0) is 55.0 Å². The molecule has 1 aliphatic rings. The van der Waals surface area contributed by atoms with E-state index in [9.17, 15) is 14.4 Å². The Balaban J connectivity index is 1.48. The van der Waals surface area contributed by atoms with Crippen molar-refractivity contribution in [1.82, 2.24) is 15.5 Å². The third-order valence-corrected chi connectivity index (χ3v) is 6.00. The van der Waals surface area contributed by atoms with Gasteiger partial charge in [-0.1, -0.05) is 38.0 Å². The largest absolute Gasteiger partial charge is 0.494 e. The number of carbonyl (C=O) groups excluding carboxylic acids is 3. The molecule has 1 unspecified atom stereocenters. The van der Waals surface area contributed by atoms with Crippen molar-refractivity contribution in [1.29, 1.82) is 0 Å². The van der Waals surface area contributed by atoms with E-state index in [2.05, 4.69) is 17.6 Å². The van der Waals surface area contributed by atoms with Crippen LogP contribution in [0.2, 0.25) is 0 Å². The highest BCUT2D eigenvalue weighted by Crippen LogP contribution is 2.15. The maximum absolute atomic E-state index is 12.7. The third-order valence-electron chi connectivity index (χ3n) is 5.66. The second-order valence-electron chi connectivity index (χ2n) is 8.43. The summed E-state index contributed by atoms with van der Waals surface area (Å²) in [6, 6.07) is 15.1. The molecule has 2 aromatic carbocycles. The lowest BCUT2D eigenvalue weighted by Gasteiger charge is -2.36. The summed E-state index contributed by atoms with van der Waals surface area (Å²) < 4.78 is 16.4. The van der Waals surface area contributed by atoms with Gasteiger partial charge in [0.15, 0.2) is 5.11 Å². The van der Waals surface area contributed by atoms with Crippen molar-refractivity contribution in [3.63, 3.8) is 0 Å². The number of ether oxygens (including phenoxy) is 3. The number of hydrogen-bond donors (Lipinski definition) is 2. The summed E-state index contributed by atoms with van der Waals surface area (Å²) in [7, 11) is 0. The van der Waals surface area contributed by atoms with Crippen LogP contribution in [-0.4, -0.2) is 66.7 Å². The van der Waals surface area contributed by atoms with Gasteiger partial charge in [0.2, 0.25) is 5.91 Å². The lowest BCUT2D eigenvalue weighted by atomic mass is 10.1. The zero-order chi connectivity index (χ0) is 26.5. The molecule has 10 heteroatoms. The van der Waals surface area contributed by atoms with Gasteiger partial charge in [-0.25, -0.2) is 0 Å². The Bertz CT molecular complexity index is 1050. The van der Waals surface area contributed by atoms with E-state index in [4.69, 9.17) is 26.4 Å². The lowest BCUT2D eigenvalue weighted by molar-refractivity contribution is -0.148. The minimum Gasteiger partial charge on any atom is -0.494 e. The van der Waals surface area contributed by atoms with Gasteiger partial charge in [0, 0.05) is 18.7 Å². The molecule has 0 aromatic heterocycles. The average Bonchev–Trinajstić information content (AvgIpc) is 2.91. The number of nitrogens with zero attached hydrogens (tertiary/aromatic N) is 1. The third kappa shape index (κ3) is 9.05. The number of thiocarbonyl (C=S) groups is 1. The number of benzene rings is 2. The second-order valence-corrected chi connectivity index (χ2v) is 8.81. The molecule has 2 aromatic rings. The first-order valence-corrected chi connectivity index (χ1v) is 12.8. The molecule has 1 heterocycles. The number of hydrogen-bond acceptors (Lipinski definition) is 7. The molecule has 0 saturated carbocycles. The van der Waals surface area contributed by atoms with Gasteiger partial charge in [-0.15, -0.1) is 0 Å². The first-order chi connectivity index (χ1) is 18.0. The van der Waals surface area contributed by atoms with Gasteiger partial charge in [0.05, 0.1) is 13.0 Å². The summed E-state index contributed by atoms with van der Waals surface area (Å²) in [4.78, 5) is 39.2. The zero-order valence-electron chi connectivity index (χ0n) is 20.9. The molecule has 0 bridgehead atoms. The minimum atomic E-state index is -0.886. The quantitative estimate of drug-likeness (QED) is 0.247. The van der Waals surface area contributed by atoms with Crippen molar-refractivity contribution in [2.75, 3.05) is 32.9 Å². The SMILES string of the molecule is CCCCCOc1ccc(C(=O)NC(=S)N2CCNC(=O)C2CC(=O)OCCOc2ccccc2)cc1. The van der Waals surface area contributed by atoms with Crippen molar-refractivity contribution in [2.24, 2.45) is 0 Å². The Morgan fingerprint density at radius 2 is 1.70 bits per heavy atom. The molecular formula is C27H33N3O6S. The first kappa shape index (κ1) is 27.9. The molecule has 2 N–H and O–H groups in total. The zero-order valence-corrected chi connectivity index (χ0v) is 21.8. The molecule has 0 spiro atoms. The lowest BCUT2D eigenvalue weighted by Crippen LogP contribution is -2.60. The Morgan fingerprint density at radius 3 is 2.43 bits per heavy atom. The van der Waals surface area contributed by atoms with Crippen molar-refractivity contribution in [3.8, 4) is 11.5 Å². The van der Waals surface area contributed by atoms with Crippen molar-refractivity contribution < 1.29 is 28.6 Å². The van der Waals surface area contributed by atoms with Crippen LogP contribution in [0.4, 0.5) is 0 Å². The van der Waals surface area contributed by atoms with E-state index >= 15 is 0 Å². The predicted molar refractivity (Wildman–Crippen MR) is 143 cm³/mol. The topological polar surface area (TPSA) is 106 Å². The summed E-state index contributed by atoms with van der Waals surface area (Å²) in [5, 5.41) is 5.47. The highest BCUT2D eigenvalue weighted by molar-refractivity contribution is 7.80. The van der Waals surface area contributed by atoms with E-state index in [0.29, 0.717) is 36.8 Å². The van der Waals surface area contributed by atoms with E-state index in [0.717, 1.165) is 19.3 Å². The van der Waals surface area contributed by atoms with Gasteiger partial charge in [0.25, 0.3) is 5.91 Å². The Morgan fingerprint density at radius 1 is 1.00 bits per heavy atom. The first-order valence-electron chi connectivity index (χ1n) is 12.4. The molecule has 198 valence electrons. The fourth-order valence-electron chi connectivity index (χ4n) is 3.69. The number of unbranched alkanes of at least 4 members (excludes halogenated alkanes) is 2. The fraction of sp³-hybridized carbons (Fsp3) is 0.407. The van der Waals surface area contributed by atoms with Crippen LogP contribution in [0.25, 0.3) is 0 Å². The minimum absolute atomic E-state index is 0.0432.